The first-order valence-electron chi connectivity index (χ1n) is 11.9. The van der Waals surface area contributed by atoms with Crippen LogP contribution in [-0.4, -0.2) is 36.7 Å². The third-order valence-corrected chi connectivity index (χ3v) is 6.65. The Morgan fingerprint density at radius 3 is 2.27 bits per heavy atom. The third kappa shape index (κ3) is 9.14. The zero-order valence-electron chi connectivity index (χ0n) is 20.7. The molecule has 1 unspecified atom stereocenters. The number of carbonyl (C=O) groups excluding carboxylic acids is 1. The maximum Gasteiger partial charge on any atom is 0.227 e. The molecule has 0 heterocycles. The minimum Gasteiger partial charge on any atom is -0.337 e. The van der Waals surface area contributed by atoms with Gasteiger partial charge in [-0.3, -0.25) is 9.79 Å². The Morgan fingerprint density at radius 1 is 1.00 bits per heavy atom. The van der Waals surface area contributed by atoms with Crippen molar-refractivity contribution in [1.82, 2.24) is 4.90 Å². The Labute approximate surface area is 210 Å². The minimum absolute atomic E-state index is 0.0298. The summed E-state index contributed by atoms with van der Waals surface area (Å²) in [6.07, 6.45) is 7.68. The van der Waals surface area contributed by atoms with Gasteiger partial charge in [0.05, 0.1) is 22.5 Å². The topological polar surface area (TPSA) is 32.7 Å². The second kappa shape index (κ2) is 13.2. The highest BCUT2D eigenvalue weighted by Gasteiger charge is 2.20. The van der Waals surface area contributed by atoms with Crippen molar-refractivity contribution < 1.29 is 4.79 Å². The zero-order valence-corrected chi connectivity index (χ0v) is 22.2. The van der Waals surface area contributed by atoms with Gasteiger partial charge in [-0.1, -0.05) is 100 Å². The number of likely N-dealkylation sites (N-methyl/N-ethyl adjacent to an activating group) is 1. The van der Waals surface area contributed by atoms with Crippen LogP contribution in [0.4, 0.5) is 0 Å². The van der Waals surface area contributed by atoms with Gasteiger partial charge in [0.2, 0.25) is 5.91 Å². The smallest absolute Gasteiger partial charge is 0.227 e. The first kappa shape index (κ1) is 27.4. The van der Waals surface area contributed by atoms with E-state index in [1.165, 1.54) is 30.4 Å². The van der Waals surface area contributed by atoms with E-state index < -0.39 is 0 Å². The predicted molar refractivity (Wildman–Crippen MR) is 143 cm³/mol. The summed E-state index contributed by atoms with van der Waals surface area (Å²) in [6, 6.07) is 13.9. The molecule has 0 aliphatic rings. The average molecular weight is 490 g/mol. The lowest BCUT2D eigenvalue weighted by molar-refractivity contribution is -0.130. The molecule has 0 N–H and O–H groups in total. The van der Waals surface area contributed by atoms with Gasteiger partial charge in [0.15, 0.2) is 0 Å². The van der Waals surface area contributed by atoms with Crippen LogP contribution < -0.4 is 0 Å². The van der Waals surface area contributed by atoms with Crippen LogP contribution in [-0.2, 0) is 23.1 Å². The van der Waals surface area contributed by atoms with Crippen molar-refractivity contribution in [1.29, 1.82) is 0 Å². The van der Waals surface area contributed by atoms with Crippen LogP contribution in [0.5, 0.6) is 0 Å². The molecule has 0 saturated heterocycles. The molecule has 180 valence electrons. The van der Waals surface area contributed by atoms with E-state index in [1.807, 2.05) is 19.3 Å². The number of carbonyl (C=O) groups is 1. The lowest BCUT2D eigenvalue weighted by Crippen LogP contribution is -2.40. The number of aliphatic imine (C=N–C) groups is 1. The van der Waals surface area contributed by atoms with Crippen LogP contribution in [0.25, 0.3) is 0 Å². The summed E-state index contributed by atoms with van der Waals surface area (Å²) in [5.74, 6) is 0.0298. The van der Waals surface area contributed by atoms with Crippen LogP contribution >= 0.6 is 23.2 Å². The Kier molecular flexibility index (Phi) is 10.9. The van der Waals surface area contributed by atoms with Crippen LogP contribution in [0.15, 0.2) is 47.5 Å². The molecule has 5 heteroatoms. The summed E-state index contributed by atoms with van der Waals surface area (Å²) in [5.41, 5.74) is 3.46. The van der Waals surface area contributed by atoms with E-state index in [4.69, 9.17) is 23.2 Å². The molecule has 0 spiro atoms. The molecular weight excluding hydrogens is 451 g/mol. The average Bonchev–Trinajstić information content (AvgIpc) is 2.77. The highest BCUT2D eigenvalue weighted by Crippen LogP contribution is 2.24. The number of nitrogens with zero attached hydrogens (tertiary/aromatic N) is 2. The highest BCUT2D eigenvalue weighted by molar-refractivity contribution is 6.42. The van der Waals surface area contributed by atoms with Crippen LogP contribution in [0.1, 0.15) is 70.1 Å². The maximum absolute atomic E-state index is 13.1. The fraction of sp³-hybridized carbons (Fsp3) is 0.500. The van der Waals surface area contributed by atoms with Crippen molar-refractivity contribution in [2.75, 3.05) is 13.6 Å². The zero-order chi connectivity index (χ0) is 24.4. The molecule has 0 saturated carbocycles. The molecule has 2 aromatic rings. The molecule has 0 aliphatic heterocycles. The third-order valence-electron chi connectivity index (χ3n) is 5.91. The van der Waals surface area contributed by atoms with Crippen molar-refractivity contribution in [2.24, 2.45) is 4.99 Å². The second-order valence-corrected chi connectivity index (χ2v) is 10.6. The Morgan fingerprint density at radius 2 is 1.67 bits per heavy atom. The molecule has 33 heavy (non-hydrogen) atoms. The van der Waals surface area contributed by atoms with E-state index in [2.05, 4.69) is 57.0 Å². The quantitative estimate of drug-likeness (QED) is 0.237. The predicted octanol–water partition coefficient (Wildman–Crippen LogP) is 7.55. The molecule has 1 atom stereocenters. The molecule has 1 amide bonds. The van der Waals surface area contributed by atoms with Gasteiger partial charge in [0.1, 0.15) is 0 Å². The minimum atomic E-state index is -0.105. The van der Waals surface area contributed by atoms with E-state index in [1.54, 1.807) is 17.0 Å². The number of amides is 1. The molecule has 0 aliphatic carbocycles. The van der Waals surface area contributed by atoms with E-state index in [0.717, 1.165) is 24.9 Å². The second-order valence-electron chi connectivity index (χ2n) is 9.76. The highest BCUT2D eigenvalue weighted by atomic mass is 35.5. The summed E-state index contributed by atoms with van der Waals surface area (Å²) in [6.45, 7) is 9.65. The van der Waals surface area contributed by atoms with Crippen molar-refractivity contribution in [3.63, 3.8) is 0 Å². The van der Waals surface area contributed by atoms with E-state index >= 15 is 0 Å². The lowest BCUT2D eigenvalue weighted by atomic mass is 9.86. The van der Waals surface area contributed by atoms with E-state index in [0.29, 0.717) is 10.0 Å². The van der Waals surface area contributed by atoms with Gasteiger partial charge in [0, 0.05) is 19.8 Å². The van der Waals surface area contributed by atoms with Crippen molar-refractivity contribution in [3.8, 4) is 0 Å². The summed E-state index contributed by atoms with van der Waals surface area (Å²) in [4.78, 5) is 19.6. The number of rotatable bonds is 11. The van der Waals surface area contributed by atoms with Gasteiger partial charge in [-0.2, -0.15) is 0 Å². The van der Waals surface area contributed by atoms with Crippen molar-refractivity contribution in [3.05, 3.63) is 69.2 Å². The van der Waals surface area contributed by atoms with Gasteiger partial charge in [0.25, 0.3) is 0 Å². The monoisotopic (exact) mass is 488 g/mol. The normalized spacial score (nSPS) is 12.8. The molecule has 3 nitrogen and oxygen atoms in total. The van der Waals surface area contributed by atoms with Gasteiger partial charge in [-0.15, -0.1) is 0 Å². The Balaban J connectivity index is 2.13. The van der Waals surface area contributed by atoms with Crippen LogP contribution in [0.2, 0.25) is 10.0 Å². The lowest BCUT2D eigenvalue weighted by Gasteiger charge is -2.26. The summed E-state index contributed by atoms with van der Waals surface area (Å²) >= 11 is 12.2. The van der Waals surface area contributed by atoms with E-state index in [-0.39, 0.29) is 23.8 Å². The van der Waals surface area contributed by atoms with Crippen LogP contribution in [0, 0.1) is 0 Å². The first-order chi connectivity index (χ1) is 15.6. The molecule has 0 aromatic heterocycles. The number of benzene rings is 2. The number of hydrogen-bond acceptors (Lipinski definition) is 2. The summed E-state index contributed by atoms with van der Waals surface area (Å²) in [7, 11) is 1.86. The number of halogens is 2. The maximum atomic E-state index is 13.1. The summed E-state index contributed by atoms with van der Waals surface area (Å²) < 4.78 is 0. The molecule has 2 aromatic carbocycles. The molecule has 0 bridgehead atoms. The van der Waals surface area contributed by atoms with Crippen molar-refractivity contribution >= 4 is 35.3 Å². The molecule has 2 rings (SSSR count). The SMILES string of the molecule is CCCCCCN=CC(Cc1ccc(C(C)(C)C)cc1)N(C)C(=O)Cc1ccc(Cl)c(Cl)c1. The fourth-order valence-corrected chi connectivity index (χ4v) is 3.95. The Hall–Kier alpha value is -1.84. The first-order valence-corrected chi connectivity index (χ1v) is 12.7. The van der Waals surface area contributed by atoms with Crippen LogP contribution in [0.3, 0.4) is 0 Å². The Bertz CT molecular complexity index is 916. The fourth-order valence-electron chi connectivity index (χ4n) is 3.63. The van der Waals surface area contributed by atoms with Gasteiger partial charge in [-0.05, 0) is 47.1 Å². The van der Waals surface area contributed by atoms with Gasteiger partial charge >= 0.3 is 0 Å². The standard InChI is InChI=1S/C28H38Cl2N2O/c1-6-7-8-9-16-31-20-24(17-21-10-13-23(14-11-21)28(2,3)4)32(5)27(33)19-22-12-15-25(29)26(30)18-22/h10-15,18,20,24H,6-9,16-17,19H2,1-5H3. The van der Waals surface area contributed by atoms with E-state index in [9.17, 15) is 4.79 Å². The molecule has 0 fully saturated rings. The molecule has 0 radical (unpaired) electrons. The van der Waals surface area contributed by atoms with Gasteiger partial charge in [-0.25, -0.2) is 0 Å². The number of unbranched alkanes of at least 4 members (excludes halogenated alkanes) is 3. The van der Waals surface area contributed by atoms with Crippen molar-refractivity contribution in [2.45, 2.75) is 77.7 Å². The summed E-state index contributed by atoms with van der Waals surface area (Å²) in [5, 5.41) is 0.960. The largest absolute Gasteiger partial charge is 0.337 e. The molecular formula is C28H38Cl2N2O. The number of hydrogen-bond donors (Lipinski definition) is 0. The van der Waals surface area contributed by atoms with Gasteiger partial charge < -0.3 is 4.90 Å².